The largest absolute Gasteiger partial charge is 0.492 e. The summed E-state index contributed by atoms with van der Waals surface area (Å²) in [7, 11) is 0. The maximum absolute atomic E-state index is 12.9. The molecule has 1 saturated heterocycles. The van der Waals surface area contributed by atoms with Crippen molar-refractivity contribution in [2.75, 3.05) is 13.1 Å². The summed E-state index contributed by atoms with van der Waals surface area (Å²) in [5, 5.41) is 0. The molecule has 0 radical (unpaired) electrons. The van der Waals surface area contributed by atoms with Crippen LogP contribution in [0.2, 0.25) is 0 Å². The van der Waals surface area contributed by atoms with Crippen LogP contribution in [0, 0.1) is 5.92 Å². The van der Waals surface area contributed by atoms with Crippen molar-refractivity contribution < 1.29 is 9.53 Å². The molecule has 1 aromatic heterocycles. The van der Waals surface area contributed by atoms with Gasteiger partial charge in [0.25, 0.3) is 0 Å². The summed E-state index contributed by atoms with van der Waals surface area (Å²) >= 11 is 0. The van der Waals surface area contributed by atoms with Crippen molar-refractivity contribution in [1.29, 1.82) is 0 Å². The van der Waals surface area contributed by atoms with E-state index in [9.17, 15) is 4.79 Å². The van der Waals surface area contributed by atoms with E-state index in [0.29, 0.717) is 5.91 Å². The van der Waals surface area contributed by atoms with Crippen LogP contribution in [0.5, 0.6) is 0 Å². The van der Waals surface area contributed by atoms with Gasteiger partial charge in [-0.25, -0.2) is 0 Å². The smallest absolute Gasteiger partial charge is 0.225 e. The predicted molar refractivity (Wildman–Crippen MR) is 93.0 cm³/mol. The molecule has 1 unspecified atom stereocenters. The molecule has 1 aliphatic carbocycles. The summed E-state index contributed by atoms with van der Waals surface area (Å²) in [6.07, 6.45) is 14.4. The van der Waals surface area contributed by atoms with Crippen molar-refractivity contribution in [2.24, 2.45) is 5.92 Å². The van der Waals surface area contributed by atoms with Gasteiger partial charge in [-0.3, -0.25) is 9.78 Å². The summed E-state index contributed by atoms with van der Waals surface area (Å²) in [5.41, 5.74) is 2.20. The van der Waals surface area contributed by atoms with Gasteiger partial charge in [0.1, 0.15) is 5.60 Å². The van der Waals surface area contributed by atoms with Crippen LogP contribution in [0.3, 0.4) is 0 Å². The van der Waals surface area contributed by atoms with Gasteiger partial charge >= 0.3 is 0 Å². The minimum absolute atomic E-state index is 0.207. The first kappa shape index (κ1) is 15.7. The van der Waals surface area contributed by atoms with Crippen LogP contribution in [-0.2, 0) is 9.53 Å². The summed E-state index contributed by atoms with van der Waals surface area (Å²) in [4.78, 5) is 19.1. The summed E-state index contributed by atoms with van der Waals surface area (Å²) in [5.74, 6) is 0.623. The molecule has 24 heavy (non-hydrogen) atoms. The number of nitrogens with zero attached hydrogens (tertiary/aromatic N) is 2. The van der Waals surface area contributed by atoms with Gasteiger partial charge in [-0.05, 0) is 49.0 Å². The quantitative estimate of drug-likeness (QED) is 0.830. The zero-order valence-corrected chi connectivity index (χ0v) is 14.2. The molecule has 1 amide bonds. The number of carbonyl (C=O) groups is 1. The molecule has 0 N–H and O–H groups in total. The Morgan fingerprint density at radius 2 is 1.96 bits per heavy atom. The van der Waals surface area contributed by atoms with E-state index in [0.717, 1.165) is 45.2 Å². The van der Waals surface area contributed by atoms with E-state index in [1.54, 1.807) is 0 Å². The van der Waals surface area contributed by atoms with Crippen LogP contribution in [0.1, 0.15) is 56.9 Å². The number of likely N-dealkylation sites (tertiary alicyclic amines) is 1. The zero-order valence-electron chi connectivity index (χ0n) is 14.2. The number of pyridine rings is 1. The number of amides is 1. The second-order valence-electron chi connectivity index (χ2n) is 7.55. The fourth-order valence-corrected chi connectivity index (χ4v) is 4.50. The molecule has 128 valence electrons. The predicted octanol–water partition coefficient (Wildman–Crippen LogP) is 3.78. The topological polar surface area (TPSA) is 42.4 Å². The zero-order chi connectivity index (χ0) is 16.4. The fraction of sp³-hybridized carbons (Fsp3) is 0.600. The Kier molecular flexibility index (Phi) is 4.30. The van der Waals surface area contributed by atoms with Crippen molar-refractivity contribution in [1.82, 2.24) is 9.88 Å². The van der Waals surface area contributed by atoms with Crippen LogP contribution >= 0.6 is 0 Å². The standard InChI is InChI=1S/C20H26N2O2/c23-19(17-5-2-1-3-6-17)22-12-4-9-20(15-22)13-18(14-24-20)16-7-10-21-11-8-16/h7-8,10-11,14,17H,1-6,9,12-13,15H2. The minimum atomic E-state index is -0.207. The SMILES string of the molecule is O=C(C1CCCCC1)N1CCCC2(CC(c3ccncc3)=CO2)C1. The molecule has 0 bridgehead atoms. The number of ether oxygens (including phenoxy) is 1. The Balaban J connectivity index is 1.43. The highest BCUT2D eigenvalue weighted by atomic mass is 16.5. The molecular formula is C20H26N2O2. The number of carbonyl (C=O) groups excluding carboxylic acids is 1. The third-order valence-electron chi connectivity index (χ3n) is 5.82. The maximum atomic E-state index is 12.9. The highest BCUT2D eigenvalue weighted by Gasteiger charge is 2.43. The van der Waals surface area contributed by atoms with Gasteiger partial charge in [-0.15, -0.1) is 0 Å². The van der Waals surface area contributed by atoms with E-state index in [1.807, 2.05) is 30.8 Å². The second kappa shape index (κ2) is 6.58. The first-order valence-corrected chi connectivity index (χ1v) is 9.32. The monoisotopic (exact) mass is 326 g/mol. The summed E-state index contributed by atoms with van der Waals surface area (Å²) in [6.45, 7) is 1.64. The summed E-state index contributed by atoms with van der Waals surface area (Å²) in [6, 6.07) is 4.06. The Hall–Kier alpha value is -1.84. The van der Waals surface area contributed by atoms with Crippen molar-refractivity contribution >= 4 is 11.5 Å². The lowest BCUT2D eigenvalue weighted by Gasteiger charge is -2.41. The normalized spacial score (nSPS) is 27.8. The van der Waals surface area contributed by atoms with Gasteiger partial charge in [-0.1, -0.05) is 19.3 Å². The molecule has 1 atom stereocenters. The van der Waals surface area contributed by atoms with E-state index in [4.69, 9.17) is 4.74 Å². The highest BCUT2D eigenvalue weighted by molar-refractivity contribution is 5.79. The minimum Gasteiger partial charge on any atom is -0.492 e. The van der Waals surface area contributed by atoms with Crippen molar-refractivity contribution in [3.8, 4) is 0 Å². The van der Waals surface area contributed by atoms with Crippen molar-refractivity contribution in [3.05, 3.63) is 36.4 Å². The third-order valence-corrected chi connectivity index (χ3v) is 5.82. The average Bonchev–Trinajstić information content (AvgIpc) is 3.06. The van der Waals surface area contributed by atoms with Gasteiger partial charge in [0.15, 0.2) is 0 Å². The highest BCUT2D eigenvalue weighted by Crippen LogP contribution is 2.41. The summed E-state index contributed by atoms with van der Waals surface area (Å²) < 4.78 is 6.14. The van der Waals surface area contributed by atoms with E-state index in [1.165, 1.54) is 30.4 Å². The van der Waals surface area contributed by atoms with Crippen LogP contribution in [0.4, 0.5) is 0 Å². The van der Waals surface area contributed by atoms with Gasteiger partial charge in [0.05, 0.1) is 12.8 Å². The molecule has 3 aliphatic rings. The first-order chi connectivity index (χ1) is 11.8. The Morgan fingerprint density at radius 3 is 2.75 bits per heavy atom. The van der Waals surface area contributed by atoms with Crippen LogP contribution in [-0.4, -0.2) is 34.5 Å². The maximum Gasteiger partial charge on any atom is 0.225 e. The molecule has 4 heteroatoms. The lowest BCUT2D eigenvalue weighted by atomic mass is 9.84. The molecule has 1 aromatic rings. The van der Waals surface area contributed by atoms with E-state index in [2.05, 4.69) is 9.88 Å². The molecule has 1 spiro atoms. The fourth-order valence-electron chi connectivity index (χ4n) is 4.50. The van der Waals surface area contributed by atoms with Gasteiger partial charge in [0, 0.05) is 31.3 Å². The Bertz CT molecular complexity index is 622. The van der Waals surface area contributed by atoms with Crippen molar-refractivity contribution in [3.63, 3.8) is 0 Å². The second-order valence-corrected chi connectivity index (χ2v) is 7.55. The van der Waals surface area contributed by atoms with Gasteiger partial charge < -0.3 is 9.64 Å². The van der Waals surface area contributed by atoms with E-state index >= 15 is 0 Å². The Labute approximate surface area is 143 Å². The molecule has 4 nitrogen and oxygen atoms in total. The molecule has 3 heterocycles. The lowest BCUT2D eigenvalue weighted by molar-refractivity contribution is -0.143. The van der Waals surface area contributed by atoms with Crippen LogP contribution in [0.25, 0.3) is 5.57 Å². The number of rotatable bonds is 2. The molecular weight excluding hydrogens is 300 g/mol. The molecule has 2 fully saturated rings. The van der Waals surface area contributed by atoms with Gasteiger partial charge in [0.2, 0.25) is 5.91 Å². The van der Waals surface area contributed by atoms with E-state index < -0.39 is 0 Å². The average molecular weight is 326 g/mol. The van der Waals surface area contributed by atoms with Crippen molar-refractivity contribution in [2.45, 2.75) is 57.0 Å². The molecule has 1 saturated carbocycles. The van der Waals surface area contributed by atoms with Crippen LogP contribution in [0.15, 0.2) is 30.8 Å². The molecule has 4 rings (SSSR count). The molecule has 2 aliphatic heterocycles. The van der Waals surface area contributed by atoms with E-state index in [-0.39, 0.29) is 11.5 Å². The number of aromatic nitrogens is 1. The number of hydrogen-bond donors (Lipinski definition) is 0. The van der Waals surface area contributed by atoms with Crippen LogP contribution < -0.4 is 0 Å². The first-order valence-electron chi connectivity index (χ1n) is 9.32. The number of piperidine rings is 1. The van der Waals surface area contributed by atoms with Gasteiger partial charge in [-0.2, -0.15) is 0 Å². The Morgan fingerprint density at radius 1 is 1.17 bits per heavy atom. The third kappa shape index (κ3) is 3.06. The lowest BCUT2D eigenvalue weighted by Crippen LogP contribution is -2.51. The molecule has 0 aromatic carbocycles. The number of hydrogen-bond acceptors (Lipinski definition) is 3.